The number of aromatic nitrogens is 2. The van der Waals surface area contributed by atoms with Gasteiger partial charge in [-0.05, 0) is 46.0 Å². The molecule has 0 saturated heterocycles. The molecule has 6 heteroatoms. The number of aliphatic hydroxyl groups excluding tert-OH is 2. The lowest BCUT2D eigenvalue weighted by Crippen LogP contribution is -2.56. The Kier molecular flexibility index (Phi) is 5.76. The average Bonchev–Trinajstić information content (AvgIpc) is 3.29. The molecule has 0 fully saturated rings. The van der Waals surface area contributed by atoms with Gasteiger partial charge in [-0.2, -0.15) is 5.10 Å². The molecule has 1 aliphatic rings. The van der Waals surface area contributed by atoms with Gasteiger partial charge < -0.3 is 15.3 Å². The molecule has 3 N–H and O–H groups in total. The van der Waals surface area contributed by atoms with E-state index in [2.05, 4.69) is 17.2 Å². The van der Waals surface area contributed by atoms with Crippen LogP contribution in [0.25, 0.3) is 12.2 Å². The largest absolute Gasteiger partial charge is 0.478 e. The van der Waals surface area contributed by atoms with E-state index < -0.39 is 29.0 Å². The van der Waals surface area contributed by atoms with Gasteiger partial charge in [0.2, 0.25) is 0 Å². The highest BCUT2D eigenvalue weighted by Crippen LogP contribution is 2.47. The molecule has 1 heterocycles. The number of carboxylic acids is 1. The topological polar surface area (TPSA) is 95.6 Å². The summed E-state index contributed by atoms with van der Waals surface area (Å²) < 4.78 is 1.85. The van der Waals surface area contributed by atoms with Crippen molar-refractivity contribution in [1.29, 1.82) is 0 Å². The first-order valence-electron chi connectivity index (χ1n) is 11.0. The Labute approximate surface area is 193 Å². The lowest BCUT2D eigenvalue weighted by molar-refractivity contribution is -0.0673. The van der Waals surface area contributed by atoms with Gasteiger partial charge in [0.1, 0.15) is 0 Å². The Bertz CT molecular complexity index is 1190. The van der Waals surface area contributed by atoms with Crippen molar-refractivity contribution < 1.29 is 20.1 Å². The molecule has 0 saturated carbocycles. The van der Waals surface area contributed by atoms with Gasteiger partial charge in [-0.25, -0.2) is 4.79 Å². The second-order valence-corrected chi connectivity index (χ2v) is 9.89. The summed E-state index contributed by atoms with van der Waals surface area (Å²) in [5.74, 6) is -0.952. The third kappa shape index (κ3) is 4.12. The molecule has 0 unspecified atom stereocenters. The molecule has 6 nitrogen and oxygen atoms in total. The number of hydrogen-bond donors (Lipinski definition) is 3. The number of fused-ring (bicyclic) bond motifs is 1. The van der Waals surface area contributed by atoms with Gasteiger partial charge in [0.15, 0.2) is 0 Å². The van der Waals surface area contributed by atoms with Crippen LogP contribution in [0.5, 0.6) is 0 Å². The van der Waals surface area contributed by atoms with Crippen LogP contribution < -0.4 is 0 Å². The molecule has 0 radical (unpaired) electrons. The van der Waals surface area contributed by atoms with Gasteiger partial charge >= 0.3 is 5.97 Å². The maximum absolute atomic E-state index is 11.1. The van der Waals surface area contributed by atoms with Gasteiger partial charge in [0, 0.05) is 23.2 Å². The monoisotopic (exact) mass is 446 g/mol. The highest BCUT2D eigenvalue weighted by atomic mass is 16.4. The number of carboxylic acid groups (broad SMARTS) is 1. The number of nitrogens with zero attached hydrogens (tertiary/aromatic N) is 2. The molecular formula is C27H30N2O4. The summed E-state index contributed by atoms with van der Waals surface area (Å²) in [6.07, 6.45) is 5.84. The van der Waals surface area contributed by atoms with E-state index in [1.807, 2.05) is 56.8 Å². The van der Waals surface area contributed by atoms with Crippen LogP contribution in [-0.2, 0) is 17.4 Å². The second-order valence-electron chi connectivity index (χ2n) is 9.89. The zero-order valence-corrected chi connectivity index (χ0v) is 19.4. The molecule has 1 aromatic heterocycles. The SMILES string of the molecule is CC1(C)c2cc(Cn3cccn3)c(C=Cc3ccc(C(=O)O)cc3)cc2C(C)(C)[C@@H](O)[C@H]1O. The highest BCUT2D eigenvalue weighted by Gasteiger charge is 2.50. The van der Waals surface area contributed by atoms with Crippen LogP contribution in [0.1, 0.15) is 65.9 Å². The Morgan fingerprint density at radius 2 is 1.61 bits per heavy atom. The highest BCUT2D eigenvalue weighted by molar-refractivity contribution is 5.88. The van der Waals surface area contributed by atoms with E-state index >= 15 is 0 Å². The van der Waals surface area contributed by atoms with Crippen LogP contribution in [0.4, 0.5) is 0 Å². The first-order chi connectivity index (χ1) is 15.5. The zero-order valence-electron chi connectivity index (χ0n) is 19.4. The molecule has 2 aromatic carbocycles. The van der Waals surface area contributed by atoms with E-state index in [1.165, 1.54) is 0 Å². The zero-order chi connectivity index (χ0) is 24.0. The summed E-state index contributed by atoms with van der Waals surface area (Å²) >= 11 is 0. The van der Waals surface area contributed by atoms with Crippen LogP contribution in [0.2, 0.25) is 0 Å². The van der Waals surface area contributed by atoms with Gasteiger partial charge in [0.25, 0.3) is 0 Å². The Balaban J connectivity index is 1.83. The van der Waals surface area contributed by atoms with E-state index in [0.717, 1.165) is 27.8 Å². The maximum Gasteiger partial charge on any atom is 0.335 e. The van der Waals surface area contributed by atoms with Crippen molar-refractivity contribution in [3.05, 3.63) is 88.2 Å². The number of aliphatic hydroxyl groups is 2. The maximum atomic E-state index is 11.1. The van der Waals surface area contributed by atoms with Gasteiger partial charge in [-0.1, -0.05) is 64.1 Å². The van der Waals surface area contributed by atoms with Gasteiger partial charge in [-0.15, -0.1) is 0 Å². The Hall–Kier alpha value is -3.22. The molecule has 0 amide bonds. The van der Waals surface area contributed by atoms with E-state index in [0.29, 0.717) is 6.54 Å². The fourth-order valence-electron chi connectivity index (χ4n) is 4.62. The summed E-state index contributed by atoms with van der Waals surface area (Å²) in [6.45, 7) is 8.41. The third-order valence-electron chi connectivity index (χ3n) is 6.95. The molecule has 1 aliphatic carbocycles. The number of carbonyl (C=O) groups is 1. The third-order valence-corrected chi connectivity index (χ3v) is 6.95. The van der Waals surface area contributed by atoms with Crippen LogP contribution in [-0.4, -0.2) is 43.3 Å². The fourth-order valence-corrected chi connectivity index (χ4v) is 4.62. The van der Waals surface area contributed by atoms with Crippen molar-refractivity contribution in [3.8, 4) is 0 Å². The van der Waals surface area contributed by atoms with Crippen LogP contribution in [0, 0.1) is 0 Å². The van der Waals surface area contributed by atoms with E-state index in [-0.39, 0.29) is 5.56 Å². The standard InChI is InChI=1S/C27H30N2O4/c1-26(2)21-14-19(11-8-17-6-9-18(10-7-17)25(32)33)20(16-29-13-5-12-28-29)15-22(21)27(3,4)24(31)23(26)30/h5-15,23-24,30-31H,16H2,1-4H3,(H,32,33)/t23-,24+/m0/s1. The minimum atomic E-state index is -0.952. The van der Waals surface area contributed by atoms with Crippen molar-refractivity contribution in [1.82, 2.24) is 9.78 Å². The minimum absolute atomic E-state index is 0.247. The number of rotatable bonds is 5. The number of benzene rings is 2. The Morgan fingerprint density at radius 3 is 2.15 bits per heavy atom. The van der Waals surface area contributed by atoms with E-state index in [9.17, 15) is 15.0 Å². The molecule has 3 aromatic rings. The number of aromatic carboxylic acids is 1. The minimum Gasteiger partial charge on any atom is -0.478 e. The average molecular weight is 447 g/mol. The molecule has 0 bridgehead atoms. The Morgan fingerprint density at radius 1 is 1.00 bits per heavy atom. The van der Waals surface area contributed by atoms with Crippen LogP contribution >= 0.6 is 0 Å². The number of hydrogen-bond acceptors (Lipinski definition) is 4. The quantitative estimate of drug-likeness (QED) is 0.513. The first-order valence-corrected chi connectivity index (χ1v) is 11.0. The lowest BCUT2D eigenvalue weighted by atomic mass is 9.59. The smallest absolute Gasteiger partial charge is 0.335 e. The van der Waals surface area contributed by atoms with Crippen LogP contribution in [0.15, 0.2) is 54.9 Å². The molecule has 4 rings (SSSR count). The summed E-state index contributed by atoms with van der Waals surface area (Å²) in [5.41, 5.74) is 3.96. The molecule has 0 aliphatic heterocycles. The van der Waals surface area contributed by atoms with Crippen molar-refractivity contribution in [2.24, 2.45) is 0 Å². The van der Waals surface area contributed by atoms with Gasteiger partial charge in [-0.3, -0.25) is 4.68 Å². The summed E-state index contributed by atoms with van der Waals surface area (Å²) in [6, 6.07) is 12.8. The summed E-state index contributed by atoms with van der Waals surface area (Å²) in [5, 5.41) is 35.3. The summed E-state index contributed by atoms with van der Waals surface area (Å²) in [7, 11) is 0. The molecule has 2 atom stereocenters. The predicted molar refractivity (Wildman–Crippen MR) is 128 cm³/mol. The normalized spacial score (nSPS) is 21.2. The lowest BCUT2D eigenvalue weighted by Gasteiger charge is -2.49. The van der Waals surface area contributed by atoms with Crippen molar-refractivity contribution in [2.45, 2.75) is 57.3 Å². The van der Waals surface area contributed by atoms with E-state index in [4.69, 9.17) is 5.11 Å². The van der Waals surface area contributed by atoms with Gasteiger partial charge in [0.05, 0.1) is 24.3 Å². The molecule has 172 valence electrons. The van der Waals surface area contributed by atoms with Crippen LogP contribution in [0.3, 0.4) is 0 Å². The van der Waals surface area contributed by atoms with Crippen molar-refractivity contribution >= 4 is 18.1 Å². The molecular weight excluding hydrogens is 416 g/mol. The van der Waals surface area contributed by atoms with Crippen molar-refractivity contribution in [3.63, 3.8) is 0 Å². The fraction of sp³-hybridized carbons (Fsp3) is 0.333. The first kappa shape index (κ1) is 23.0. The molecule has 0 spiro atoms. The predicted octanol–water partition coefficient (Wildman–Crippen LogP) is 4.09. The van der Waals surface area contributed by atoms with Crippen molar-refractivity contribution in [2.75, 3.05) is 0 Å². The van der Waals surface area contributed by atoms with E-state index in [1.54, 1.807) is 30.5 Å². The summed E-state index contributed by atoms with van der Waals surface area (Å²) in [4.78, 5) is 11.1. The molecule has 33 heavy (non-hydrogen) atoms. The second kappa shape index (κ2) is 8.28.